The van der Waals surface area contributed by atoms with Gasteiger partial charge in [-0.1, -0.05) is 16.7 Å². The monoisotopic (exact) mass is 439 g/mol. The van der Waals surface area contributed by atoms with Crippen molar-refractivity contribution in [2.24, 2.45) is 7.05 Å². The molecule has 29 heavy (non-hydrogen) atoms. The molecule has 3 heterocycles. The molecule has 3 aromatic rings. The largest absolute Gasteiger partial charge is 0.408 e. The summed E-state index contributed by atoms with van der Waals surface area (Å²) in [5.41, 5.74) is 1.36. The normalized spacial score (nSPS) is 15.6. The molecule has 1 aromatic carbocycles. The van der Waals surface area contributed by atoms with Crippen molar-refractivity contribution in [1.29, 1.82) is 0 Å². The van der Waals surface area contributed by atoms with Gasteiger partial charge in [-0.3, -0.25) is 10.1 Å². The molecule has 1 atom stereocenters. The van der Waals surface area contributed by atoms with Crippen LogP contribution in [-0.2, 0) is 31.2 Å². The topological polar surface area (TPSA) is 77.9 Å². The molecular formula is C18H16ClF2N5O2S. The first-order valence-electron chi connectivity index (χ1n) is 8.77. The lowest BCUT2D eigenvalue weighted by molar-refractivity contribution is -0.115. The van der Waals surface area contributed by atoms with Crippen LogP contribution < -0.4 is 5.32 Å². The minimum atomic E-state index is -0.760. The molecule has 0 fully saturated rings. The molecule has 2 aromatic heterocycles. The number of aryl methyl sites for hydroxylation is 1. The molecule has 0 aliphatic carbocycles. The van der Waals surface area contributed by atoms with Crippen LogP contribution in [0.3, 0.4) is 0 Å². The number of carbonyl (C=O) groups excluding carboxylic acids is 1. The van der Waals surface area contributed by atoms with E-state index in [2.05, 4.69) is 15.5 Å². The highest BCUT2D eigenvalue weighted by atomic mass is 35.5. The average molecular weight is 440 g/mol. The molecule has 4 rings (SSSR count). The fraction of sp³-hybridized carbons (Fsp3) is 0.333. The number of imidazole rings is 1. The Morgan fingerprint density at radius 1 is 1.41 bits per heavy atom. The fourth-order valence-corrected chi connectivity index (χ4v) is 4.15. The van der Waals surface area contributed by atoms with E-state index in [1.807, 2.05) is 0 Å². The lowest BCUT2D eigenvalue weighted by atomic mass is 9.95. The zero-order valence-electron chi connectivity index (χ0n) is 15.5. The highest BCUT2D eigenvalue weighted by molar-refractivity contribution is 7.71. The number of benzene rings is 1. The number of anilines is 1. The van der Waals surface area contributed by atoms with Crippen LogP contribution in [0.15, 0.2) is 16.5 Å². The van der Waals surface area contributed by atoms with Crippen molar-refractivity contribution in [2.45, 2.75) is 32.2 Å². The second-order valence-electron chi connectivity index (χ2n) is 6.85. The summed E-state index contributed by atoms with van der Waals surface area (Å²) in [4.78, 5) is 12.4. The van der Waals surface area contributed by atoms with Crippen molar-refractivity contribution in [3.63, 3.8) is 0 Å². The third-order valence-corrected chi connectivity index (χ3v) is 5.80. The Balaban J connectivity index is 1.62. The Kier molecular flexibility index (Phi) is 4.99. The predicted octanol–water partition coefficient (Wildman–Crippen LogP) is 3.70. The molecule has 0 spiro atoms. The maximum Gasteiger partial charge on any atom is 0.322 e. The van der Waals surface area contributed by atoms with Crippen LogP contribution in [0.5, 0.6) is 0 Å². The van der Waals surface area contributed by atoms with E-state index in [-0.39, 0.29) is 28.9 Å². The average Bonchev–Trinajstić information content (AvgIpc) is 3.33. The van der Waals surface area contributed by atoms with Gasteiger partial charge >= 0.3 is 6.01 Å². The quantitative estimate of drug-likeness (QED) is 0.495. The van der Waals surface area contributed by atoms with Gasteiger partial charge in [0.05, 0.1) is 11.4 Å². The Bertz CT molecular complexity index is 1190. The first-order valence-corrected chi connectivity index (χ1v) is 9.55. The van der Waals surface area contributed by atoms with E-state index < -0.39 is 17.6 Å². The smallest absolute Gasteiger partial charge is 0.322 e. The molecule has 1 unspecified atom stereocenters. The zero-order valence-corrected chi connectivity index (χ0v) is 17.1. The minimum Gasteiger partial charge on any atom is -0.408 e. The number of aromatic nitrogens is 4. The number of fused-ring (bicyclic) bond motifs is 1. The Hall–Kier alpha value is -2.59. The summed E-state index contributed by atoms with van der Waals surface area (Å²) in [6, 6.07) is 2.35. The zero-order chi connectivity index (χ0) is 20.9. The van der Waals surface area contributed by atoms with Crippen molar-refractivity contribution < 1.29 is 18.0 Å². The van der Waals surface area contributed by atoms with Crippen LogP contribution >= 0.6 is 23.8 Å². The summed E-state index contributed by atoms with van der Waals surface area (Å²) in [5, 5.41) is 9.79. The van der Waals surface area contributed by atoms with Crippen LogP contribution in [0.1, 0.15) is 28.8 Å². The van der Waals surface area contributed by atoms with Crippen molar-refractivity contribution in [1.82, 2.24) is 19.3 Å². The summed E-state index contributed by atoms with van der Waals surface area (Å²) in [6.07, 6.45) is 0.331. The van der Waals surface area contributed by atoms with Crippen molar-refractivity contribution in [2.75, 3.05) is 5.32 Å². The highest BCUT2D eigenvalue weighted by Crippen LogP contribution is 2.37. The van der Waals surface area contributed by atoms with E-state index in [1.165, 1.54) is 6.07 Å². The number of hydrogen-bond donors (Lipinski definition) is 1. The van der Waals surface area contributed by atoms with Gasteiger partial charge in [-0.15, -0.1) is 5.10 Å². The number of nitrogens with zero attached hydrogens (tertiary/aromatic N) is 4. The maximum absolute atomic E-state index is 14.5. The summed E-state index contributed by atoms with van der Waals surface area (Å²) in [6.45, 7) is 1.92. The van der Waals surface area contributed by atoms with Crippen molar-refractivity contribution in [3.8, 4) is 0 Å². The second kappa shape index (κ2) is 7.34. The molecule has 11 heteroatoms. The van der Waals surface area contributed by atoms with Crippen LogP contribution in [0.25, 0.3) is 0 Å². The van der Waals surface area contributed by atoms with E-state index in [9.17, 15) is 13.6 Å². The predicted molar refractivity (Wildman–Crippen MR) is 103 cm³/mol. The van der Waals surface area contributed by atoms with Crippen LogP contribution in [0.4, 0.5) is 14.8 Å². The van der Waals surface area contributed by atoms with Gasteiger partial charge in [0.2, 0.25) is 11.8 Å². The molecule has 0 saturated heterocycles. The Morgan fingerprint density at radius 3 is 2.86 bits per heavy atom. The summed E-state index contributed by atoms with van der Waals surface area (Å²) in [5.74, 6) is -1.91. The standard InChI is InChI=1S/C18H16ClF2N5O2S/c1-8-23-24-17(28-8)22-14(27)6-12-13-5-9(7-26(13)18(29)25(12)2)15-11(20)4-3-10(19)16(15)21/h3-4,9H,5-7H2,1-2H3,(H,22,24,27). The molecule has 1 N–H and O–H groups in total. The molecule has 0 bridgehead atoms. The lowest BCUT2D eigenvalue weighted by Crippen LogP contribution is -2.17. The molecule has 152 valence electrons. The summed E-state index contributed by atoms with van der Waals surface area (Å²) >= 11 is 11.3. The van der Waals surface area contributed by atoms with E-state index in [0.29, 0.717) is 29.3 Å². The number of carbonyl (C=O) groups is 1. The van der Waals surface area contributed by atoms with E-state index in [4.69, 9.17) is 28.2 Å². The van der Waals surface area contributed by atoms with Gasteiger partial charge in [0, 0.05) is 43.4 Å². The van der Waals surface area contributed by atoms with E-state index in [1.54, 1.807) is 23.1 Å². The van der Waals surface area contributed by atoms with Gasteiger partial charge < -0.3 is 13.6 Å². The highest BCUT2D eigenvalue weighted by Gasteiger charge is 2.33. The number of nitrogens with one attached hydrogen (secondary N) is 1. The minimum absolute atomic E-state index is 0.00285. The molecule has 1 aliphatic heterocycles. The van der Waals surface area contributed by atoms with Crippen molar-refractivity contribution >= 4 is 35.7 Å². The molecule has 1 amide bonds. The van der Waals surface area contributed by atoms with Crippen LogP contribution in [-0.4, -0.2) is 25.2 Å². The molecule has 7 nitrogen and oxygen atoms in total. The number of halogens is 3. The maximum atomic E-state index is 14.5. The van der Waals surface area contributed by atoms with Gasteiger partial charge in [0.25, 0.3) is 0 Å². The molecule has 0 saturated carbocycles. The first-order chi connectivity index (χ1) is 13.8. The van der Waals surface area contributed by atoms with Gasteiger partial charge in [-0.2, -0.15) is 0 Å². The van der Waals surface area contributed by atoms with E-state index >= 15 is 0 Å². The molecule has 1 aliphatic rings. The second-order valence-corrected chi connectivity index (χ2v) is 7.63. The third kappa shape index (κ3) is 3.46. The van der Waals surface area contributed by atoms with Gasteiger partial charge in [0.15, 0.2) is 4.77 Å². The number of hydrogen-bond acceptors (Lipinski definition) is 5. The summed E-state index contributed by atoms with van der Waals surface area (Å²) in [7, 11) is 1.75. The molecule has 0 radical (unpaired) electrons. The van der Waals surface area contributed by atoms with Gasteiger partial charge in [-0.25, -0.2) is 8.78 Å². The number of rotatable bonds is 4. The van der Waals surface area contributed by atoms with Crippen LogP contribution in [0.2, 0.25) is 5.02 Å². The van der Waals surface area contributed by atoms with Crippen molar-refractivity contribution in [3.05, 3.63) is 56.4 Å². The number of amides is 1. The Labute approximate surface area is 174 Å². The third-order valence-electron chi connectivity index (χ3n) is 5.01. The van der Waals surface area contributed by atoms with Gasteiger partial charge in [0.1, 0.15) is 11.6 Å². The Morgan fingerprint density at radius 2 is 2.17 bits per heavy atom. The fourth-order valence-electron chi connectivity index (χ4n) is 3.69. The van der Waals surface area contributed by atoms with E-state index in [0.717, 1.165) is 11.8 Å². The first kappa shape index (κ1) is 19.7. The van der Waals surface area contributed by atoms with Crippen LogP contribution in [0, 0.1) is 23.3 Å². The molecular weight excluding hydrogens is 424 g/mol. The SMILES string of the molecule is Cc1nnc(NC(=O)Cc2c3n(c(=S)n2C)CC(c2c(F)ccc(Cl)c2F)C3)o1. The van der Waals surface area contributed by atoms with Gasteiger partial charge in [-0.05, 0) is 30.8 Å². The summed E-state index contributed by atoms with van der Waals surface area (Å²) < 4.78 is 38.0. The lowest BCUT2D eigenvalue weighted by Gasteiger charge is -2.14.